The van der Waals surface area contributed by atoms with E-state index in [-0.39, 0.29) is 0 Å². The van der Waals surface area contributed by atoms with Crippen LogP contribution in [0.4, 0.5) is 0 Å². The van der Waals surface area contributed by atoms with Gasteiger partial charge in [-0.3, -0.25) is 0 Å². The first-order valence-electron chi connectivity index (χ1n) is 6.81. The van der Waals surface area contributed by atoms with Gasteiger partial charge in [0.2, 0.25) is 0 Å². The van der Waals surface area contributed by atoms with Crippen LogP contribution in [0.2, 0.25) is 0 Å². The quantitative estimate of drug-likeness (QED) is 0.797. The summed E-state index contributed by atoms with van der Waals surface area (Å²) >= 11 is 0. The lowest BCUT2D eigenvalue weighted by Gasteiger charge is -2.34. The van der Waals surface area contributed by atoms with Gasteiger partial charge in [-0.05, 0) is 38.1 Å². The van der Waals surface area contributed by atoms with Gasteiger partial charge < -0.3 is 5.32 Å². The topological polar surface area (TPSA) is 46.2 Å². The van der Waals surface area contributed by atoms with Crippen molar-refractivity contribution in [1.29, 1.82) is 0 Å². The van der Waals surface area contributed by atoms with Crippen LogP contribution in [-0.2, 0) is 9.84 Å². The maximum absolute atomic E-state index is 11.2. The molecule has 102 valence electrons. The average Bonchev–Trinajstić information content (AvgIpc) is 2.29. The van der Waals surface area contributed by atoms with E-state index in [9.17, 15) is 8.42 Å². The van der Waals surface area contributed by atoms with Crippen molar-refractivity contribution < 1.29 is 8.42 Å². The first kappa shape index (κ1) is 15.0. The van der Waals surface area contributed by atoms with Gasteiger partial charge in [-0.25, -0.2) is 8.42 Å². The minimum atomic E-state index is -2.83. The second-order valence-corrected chi connectivity index (χ2v) is 7.77. The summed E-state index contributed by atoms with van der Waals surface area (Å²) in [6.07, 6.45) is 8.54. The highest BCUT2D eigenvalue weighted by molar-refractivity contribution is 7.90. The van der Waals surface area contributed by atoms with Gasteiger partial charge in [-0.1, -0.05) is 26.2 Å². The number of rotatable bonds is 6. The summed E-state index contributed by atoms with van der Waals surface area (Å²) in [6.45, 7) is 2.26. The summed E-state index contributed by atoms with van der Waals surface area (Å²) in [4.78, 5) is 0. The SMILES string of the molecule is CCC1CCCC(C(CCS(C)(=O)=O)NC)C1. The van der Waals surface area contributed by atoms with E-state index < -0.39 is 9.84 Å². The highest BCUT2D eigenvalue weighted by Gasteiger charge is 2.27. The lowest BCUT2D eigenvalue weighted by atomic mass is 9.76. The molecule has 0 aromatic rings. The minimum absolute atomic E-state index is 0.311. The molecule has 17 heavy (non-hydrogen) atoms. The van der Waals surface area contributed by atoms with E-state index in [4.69, 9.17) is 0 Å². The van der Waals surface area contributed by atoms with Crippen LogP contribution in [0.5, 0.6) is 0 Å². The van der Waals surface area contributed by atoms with Crippen LogP contribution in [0, 0.1) is 11.8 Å². The van der Waals surface area contributed by atoms with Crippen molar-refractivity contribution in [3.63, 3.8) is 0 Å². The Hall–Kier alpha value is -0.0900. The van der Waals surface area contributed by atoms with Gasteiger partial charge >= 0.3 is 0 Å². The van der Waals surface area contributed by atoms with Crippen LogP contribution < -0.4 is 5.32 Å². The van der Waals surface area contributed by atoms with Gasteiger partial charge in [0.15, 0.2) is 0 Å². The maximum atomic E-state index is 11.2. The van der Waals surface area contributed by atoms with Gasteiger partial charge in [0.1, 0.15) is 9.84 Å². The molecule has 0 bridgehead atoms. The van der Waals surface area contributed by atoms with Gasteiger partial charge in [-0.15, -0.1) is 0 Å². The summed E-state index contributed by atoms with van der Waals surface area (Å²) in [5.41, 5.74) is 0. The van der Waals surface area contributed by atoms with E-state index in [1.165, 1.54) is 38.4 Å². The molecule has 0 aromatic heterocycles. The summed E-state index contributed by atoms with van der Waals surface area (Å²) in [5, 5.41) is 3.32. The third-order valence-electron chi connectivity index (χ3n) is 4.14. The van der Waals surface area contributed by atoms with Gasteiger partial charge in [-0.2, -0.15) is 0 Å². The number of nitrogens with one attached hydrogen (secondary N) is 1. The molecule has 3 nitrogen and oxygen atoms in total. The number of hydrogen-bond acceptors (Lipinski definition) is 3. The van der Waals surface area contributed by atoms with Crippen LogP contribution in [0.15, 0.2) is 0 Å². The minimum Gasteiger partial charge on any atom is -0.317 e. The van der Waals surface area contributed by atoms with Crippen LogP contribution in [-0.4, -0.2) is 33.5 Å². The van der Waals surface area contributed by atoms with Crippen LogP contribution >= 0.6 is 0 Å². The summed E-state index contributed by atoms with van der Waals surface area (Å²) < 4.78 is 22.5. The maximum Gasteiger partial charge on any atom is 0.147 e. The Morgan fingerprint density at radius 1 is 1.35 bits per heavy atom. The highest BCUT2D eigenvalue weighted by Crippen LogP contribution is 2.33. The van der Waals surface area contributed by atoms with Crippen molar-refractivity contribution in [2.75, 3.05) is 19.1 Å². The Kier molecular flexibility index (Phi) is 5.93. The molecule has 1 aliphatic rings. The predicted octanol–water partition coefficient (Wildman–Crippen LogP) is 2.23. The standard InChI is InChI=1S/C13H27NO2S/c1-4-11-6-5-7-12(10-11)13(14-2)8-9-17(3,15)16/h11-14H,4-10H2,1-3H3. The highest BCUT2D eigenvalue weighted by atomic mass is 32.2. The van der Waals surface area contributed by atoms with E-state index in [0.717, 1.165) is 12.3 Å². The molecule has 0 amide bonds. The molecule has 1 aliphatic carbocycles. The first-order chi connectivity index (χ1) is 7.96. The van der Waals surface area contributed by atoms with Gasteiger partial charge in [0.05, 0.1) is 5.75 Å². The van der Waals surface area contributed by atoms with Crippen molar-refractivity contribution in [2.24, 2.45) is 11.8 Å². The molecule has 0 heterocycles. The lowest BCUT2D eigenvalue weighted by Crippen LogP contribution is -2.37. The lowest BCUT2D eigenvalue weighted by molar-refractivity contribution is 0.211. The third kappa shape index (κ3) is 5.38. The molecule has 0 spiro atoms. The zero-order chi connectivity index (χ0) is 12.9. The number of hydrogen-bond donors (Lipinski definition) is 1. The molecule has 0 radical (unpaired) electrons. The largest absolute Gasteiger partial charge is 0.317 e. The molecule has 3 atom stereocenters. The van der Waals surface area contributed by atoms with E-state index in [1.54, 1.807) is 0 Å². The second-order valence-electron chi connectivity index (χ2n) is 5.51. The Bertz CT molecular complexity index is 313. The zero-order valence-electron chi connectivity index (χ0n) is 11.4. The molecule has 4 heteroatoms. The molecule has 0 saturated heterocycles. The molecular formula is C13H27NO2S. The van der Waals surface area contributed by atoms with Gasteiger partial charge in [0, 0.05) is 12.3 Å². The van der Waals surface area contributed by atoms with Crippen LogP contribution in [0.25, 0.3) is 0 Å². The van der Waals surface area contributed by atoms with E-state index >= 15 is 0 Å². The Morgan fingerprint density at radius 2 is 2.06 bits per heavy atom. The summed E-state index contributed by atoms with van der Waals surface area (Å²) in [5.74, 6) is 1.83. The molecule has 1 N–H and O–H groups in total. The monoisotopic (exact) mass is 261 g/mol. The van der Waals surface area contributed by atoms with Crippen molar-refractivity contribution in [2.45, 2.75) is 51.5 Å². The smallest absolute Gasteiger partial charge is 0.147 e. The normalized spacial score (nSPS) is 27.9. The zero-order valence-corrected chi connectivity index (χ0v) is 12.2. The fourth-order valence-electron chi connectivity index (χ4n) is 3.03. The van der Waals surface area contributed by atoms with Crippen LogP contribution in [0.1, 0.15) is 45.4 Å². The van der Waals surface area contributed by atoms with Crippen molar-refractivity contribution >= 4 is 9.84 Å². The number of sulfone groups is 1. The van der Waals surface area contributed by atoms with E-state index in [2.05, 4.69) is 12.2 Å². The Balaban J connectivity index is 2.48. The molecule has 3 unspecified atom stereocenters. The fraction of sp³-hybridized carbons (Fsp3) is 1.00. The van der Waals surface area contributed by atoms with E-state index in [1.807, 2.05) is 7.05 Å². The van der Waals surface area contributed by atoms with Crippen molar-refractivity contribution in [3.05, 3.63) is 0 Å². The van der Waals surface area contributed by atoms with Gasteiger partial charge in [0.25, 0.3) is 0 Å². The molecule has 1 rings (SSSR count). The Morgan fingerprint density at radius 3 is 2.59 bits per heavy atom. The van der Waals surface area contributed by atoms with Crippen LogP contribution in [0.3, 0.4) is 0 Å². The fourth-order valence-corrected chi connectivity index (χ4v) is 3.71. The predicted molar refractivity (Wildman–Crippen MR) is 72.9 cm³/mol. The summed E-state index contributed by atoms with van der Waals surface area (Å²) in [7, 11) is -0.866. The molecule has 1 fully saturated rings. The van der Waals surface area contributed by atoms with Crippen molar-refractivity contribution in [3.8, 4) is 0 Å². The summed E-state index contributed by atoms with van der Waals surface area (Å²) in [6, 6.07) is 0.374. The van der Waals surface area contributed by atoms with Crippen molar-refractivity contribution in [1.82, 2.24) is 5.32 Å². The second kappa shape index (κ2) is 6.74. The molecule has 0 aromatic carbocycles. The molecule has 0 aliphatic heterocycles. The first-order valence-corrected chi connectivity index (χ1v) is 8.87. The molecule has 1 saturated carbocycles. The Labute approximate surface area is 106 Å². The van der Waals surface area contributed by atoms with E-state index in [0.29, 0.717) is 17.7 Å². The molecular weight excluding hydrogens is 234 g/mol. The third-order valence-corrected chi connectivity index (χ3v) is 5.12. The average molecular weight is 261 g/mol.